The lowest BCUT2D eigenvalue weighted by Crippen LogP contribution is -1.84. The van der Waals surface area contributed by atoms with Crippen molar-refractivity contribution < 1.29 is 0 Å². The van der Waals surface area contributed by atoms with Gasteiger partial charge >= 0.3 is 0 Å². The molecule has 0 heteroatoms. The molecule has 0 fully saturated rings. The highest BCUT2D eigenvalue weighted by molar-refractivity contribution is 5.74. The molecule has 16 heavy (non-hydrogen) atoms. The third-order valence-electron chi connectivity index (χ3n) is 3.73. The monoisotopic (exact) mass is 210 g/mol. The second-order valence-corrected chi connectivity index (χ2v) is 4.99. The zero-order valence-corrected chi connectivity index (χ0v) is 9.92. The largest absolute Gasteiger partial charge is 0.0614 e. The Morgan fingerprint density at radius 3 is 2.75 bits per heavy atom. The van der Waals surface area contributed by atoms with Crippen LogP contribution in [0.3, 0.4) is 0 Å². The number of fused-ring (bicyclic) bond motifs is 3. The van der Waals surface area contributed by atoms with E-state index in [0.29, 0.717) is 0 Å². The number of aryl methyl sites for hydroxylation is 2. The third-order valence-corrected chi connectivity index (χ3v) is 3.73. The molecule has 0 N–H and O–H groups in total. The first-order valence-corrected chi connectivity index (χ1v) is 6.36. The van der Waals surface area contributed by atoms with Crippen molar-refractivity contribution in [3.63, 3.8) is 0 Å². The van der Waals surface area contributed by atoms with E-state index in [4.69, 9.17) is 0 Å². The molecule has 0 aliphatic heterocycles. The molecule has 0 aromatic heterocycles. The van der Waals surface area contributed by atoms with Crippen LogP contribution in [0.5, 0.6) is 0 Å². The fourth-order valence-corrected chi connectivity index (χ4v) is 2.92. The van der Waals surface area contributed by atoms with Crippen LogP contribution in [0, 0.1) is 6.92 Å². The zero-order valence-electron chi connectivity index (χ0n) is 9.92. The topological polar surface area (TPSA) is 0 Å². The summed E-state index contributed by atoms with van der Waals surface area (Å²) < 4.78 is 0. The Bertz CT molecular complexity index is 482. The van der Waals surface area contributed by atoms with Gasteiger partial charge in [-0.1, -0.05) is 42.3 Å². The Morgan fingerprint density at radius 2 is 1.81 bits per heavy atom. The fourth-order valence-electron chi connectivity index (χ4n) is 2.92. The van der Waals surface area contributed by atoms with Crippen LogP contribution < -0.4 is 0 Å². The highest BCUT2D eigenvalue weighted by Gasteiger charge is 2.16. The van der Waals surface area contributed by atoms with Gasteiger partial charge in [0, 0.05) is 0 Å². The van der Waals surface area contributed by atoms with Crippen molar-refractivity contribution in [1.29, 1.82) is 0 Å². The number of rotatable bonds is 0. The van der Waals surface area contributed by atoms with Gasteiger partial charge in [0.15, 0.2) is 0 Å². The predicted molar refractivity (Wildman–Crippen MR) is 69.1 cm³/mol. The van der Waals surface area contributed by atoms with Gasteiger partial charge in [-0.15, -0.1) is 0 Å². The summed E-state index contributed by atoms with van der Waals surface area (Å²) in [7, 11) is 0. The Hall–Kier alpha value is -1.30. The second-order valence-electron chi connectivity index (χ2n) is 4.99. The van der Waals surface area contributed by atoms with Gasteiger partial charge in [-0.3, -0.25) is 0 Å². The standard InChI is InChI=1S/C16H18/c1-12-6-5-9-16-14(10-12)11-13-7-3-2-4-8-15(13)16/h5-6,9-11H,2-4,7-8H2,1H3. The lowest BCUT2D eigenvalue weighted by Gasteiger charge is -2.00. The van der Waals surface area contributed by atoms with Gasteiger partial charge in [0.2, 0.25) is 0 Å². The average Bonchev–Trinajstić information content (AvgIpc) is 2.48. The first-order chi connectivity index (χ1) is 7.84. The van der Waals surface area contributed by atoms with E-state index < -0.39 is 0 Å². The molecule has 0 aromatic rings. The summed E-state index contributed by atoms with van der Waals surface area (Å²) in [4.78, 5) is 0. The molecule has 0 heterocycles. The van der Waals surface area contributed by atoms with Gasteiger partial charge in [0.25, 0.3) is 0 Å². The van der Waals surface area contributed by atoms with Gasteiger partial charge in [0.05, 0.1) is 0 Å². The zero-order chi connectivity index (χ0) is 11.0. The molecule has 0 amide bonds. The summed E-state index contributed by atoms with van der Waals surface area (Å²) >= 11 is 0. The lowest BCUT2D eigenvalue weighted by atomic mass is 10.0. The van der Waals surface area contributed by atoms with Crippen molar-refractivity contribution in [3.05, 3.63) is 47.0 Å². The summed E-state index contributed by atoms with van der Waals surface area (Å²) in [6.45, 7) is 2.18. The van der Waals surface area contributed by atoms with E-state index in [1.54, 1.807) is 11.1 Å². The van der Waals surface area contributed by atoms with E-state index in [1.807, 2.05) is 0 Å². The molecule has 0 saturated heterocycles. The van der Waals surface area contributed by atoms with E-state index in [1.165, 1.54) is 48.8 Å². The van der Waals surface area contributed by atoms with Crippen LogP contribution in [-0.2, 0) is 12.8 Å². The van der Waals surface area contributed by atoms with Gasteiger partial charge < -0.3 is 0 Å². The first-order valence-electron chi connectivity index (χ1n) is 6.36. The minimum Gasteiger partial charge on any atom is -0.0614 e. The normalized spacial score (nSPS) is 15.8. The highest BCUT2D eigenvalue weighted by atomic mass is 14.2. The van der Waals surface area contributed by atoms with E-state index in [0.717, 1.165) is 0 Å². The maximum absolute atomic E-state index is 2.42. The van der Waals surface area contributed by atoms with Crippen LogP contribution >= 0.6 is 0 Å². The molecule has 3 aliphatic carbocycles. The Labute approximate surface area is 97.7 Å². The van der Waals surface area contributed by atoms with Crippen molar-refractivity contribution in [3.8, 4) is 11.1 Å². The molecule has 3 aliphatic rings. The molecule has 0 aromatic carbocycles. The van der Waals surface area contributed by atoms with Gasteiger partial charge in [-0.25, -0.2) is 0 Å². The molecule has 3 rings (SSSR count). The van der Waals surface area contributed by atoms with Crippen molar-refractivity contribution in [2.75, 3.05) is 0 Å². The quantitative estimate of drug-likeness (QED) is 0.566. The smallest absolute Gasteiger partial charge is 0.0149 e. The van der Waals surface area contributed by atoms with Gasteiger partial charge in [0.1, 0.15) is 0 Å². The summed E-state index contributed by atoms with van der Waals surface area (Å²) in [6.07, 6.45) is 6.70. The molecular weight excluding hydrogens is 192 g/mol. The van der Waals surface area contributed by atoms with E-state index in [9.17, 15) is 0 Å². The summed E-state index contributed by atoms with van der Waals surface area (Å²) in [5, 5.41) is 0. The second kappa shape index (κ2) is 3.93. The molecule has 0 radical (unpaired) electrons. The molecule has 0 bridgehead atoms. The molecular formula is C16H18. The third kappa shape index (κ3) is 1.63. The first kappa shape index (κ1) is 9.89. The maximum Gasteiger partial charge on any atom is -0.0149 e. The molecule has 0 spiro atoms. The van der Waals surface area contributed by atoms with Crippen molar-refractivity contribution in [2.45, 2.75) is 39.0 Å². The van der Waals surface area contributed by atoms with Crippen molar-refractivity contribution >= 4 is 0 Å². The van der Waals surface area contributed by atoms with E-state index >= 15 is 0 Å². The van der Waals surface area contributed by atoms with E-state index in [2.05, 4.69) is 37.3 Å². The average molecular weight is 210 g/mol. The summed E-state index contributed by atoms with van der Waals surface area (Å²) in [5.74, 6) is 0. The van der Waals surface area contributed by atoms with Crippen LogP contribution in [0.15, 0.2) is 30.3 Å². The minimum atomic E-state index is 1.28. The van der Waals surface area contributed by atoms with Crippen molar-refractivity contribution in [2.24, 2.45) is 0 Å². The predicted octanol–water partition coefficient (Wildman–Crippen LogP) is 4.37. The van der Waals surface area contributed by atoms with Crippen LogP contribution in [0.2, 0.25) is 0 Å². The lowest BCUT2D eigenvalue weighted by molar-refractivity contribution is 0.711. The number of hydrogen-bond donors (Lipinski definition) is 0. The Balaban J connectivity index is 2.20. The fraction of sp³-hybridized carbons (Fsp3) is 0.375. The molecule has 82 valence electrons. The van der Waals surface area contributed by atoms with Crippen LogP contribution in [0.4, 0.5) is 0 Å². The SMILES string of the molecule is Cc1cccc2c3c(cc-2c1)CCCCC3. The van der Waals surface area contributed by atoms with Gasteiger partial charge in [-0.2, -0.15) is 0 Å². The van der Waals surface area contributed by atoms with Crippen LogP contribution in [0.25, 0.3) is 11.1 Å². The van der Waals surface area contributed by atoms with Crippen molar-refractivity contribution in [1.82, 2.24) is 0 Å². The molecule has 0 nitrogen and oxygen atoms in total. The van der Waals surface area contributed by atoms with Crippen LogP contribution in [-0.4, -0.2) is 0 Å². The minimum absolute atomic E-state index is 1.28. The van der Waals surface area contributed by atoms with E-state index in [-0.39, 0.29) is 0 Å². The summed E-state index contributed by atoms with van der Waals surface area (Å²) in [6, 6.07) is 11.4. The molecule has 0 atom stereocenters. The number of hydrogen-bond acceptors (Lipinski definition) is 0. The molecule has 0 saturated carbocycles. The maximum atomic E-state index is 2.42. The Morgan fingerprint density at radius 1 is 0.938 bits per heavy atom. The highest BCUT2D eigenvalue weighted by Crippen LogP contribution is 2.35. The Kier molecular flexibility index (Phi) is 2.43. The summed E-state index contributed by atoms with van der Waals surface area (Å²) in [5.41, 5.74) is 7.52. The molecule has 0 unspecified atom stereocenters. The van der Waals surface area contributed by atoms with Crippen LogP contribution in [0.1, 0.15) is 36.0 Å². The van der Waals surface area contributed by atoms with Gasteiger partial charge in [-0.05, 0) is 54.9 Å².